The van der Waals surface area contributed by atoms with Gasteiger partial charge in [0.25, 0.3) is 0 Å². The molecule has 1 heterocycles. The lowest BCUT2D eigenvalue weighted by Gasteiger charge is -2.18. The highest BCUT2D eigenvalue weighted by Crippen LogP contribution is 2.28. The van der Waals surface area contributed by atoms with Gasteiger partial charge < -0.3 is 25.6 Å². The van der Waals surface area contributed by atoms with Gasteiger partial charge in [-0.15, -0.1) is 5.10 Å². The van der Waals surface area contributed by atoms with Crippen molar-refractivity contribution < 1.29 is 19.7 Å². The van der Waals surface area contributed by atoms with Crippen LogP contribution in [0.25, 0.3) is 0 Å². The molecule has 130 valence electrons. The molecule has 0 radical (unpaired) electrons. The van der Waals surface area contributed by atoms with Crippen LogP contribution < -0.4 is 10.6 Å². The van der Waals surface area contributed by atoms with Gasteiger partial charge in [0, 0.05) is 26.1 Å². The number of nitrogens with one attached hydrogen (secondary N) is 2. The molecule has 1 saturated carbocycles. The summed E-state index contributed by atoms with van der Waals surface area (Å²) in [5.41, 5.74) is 0.703. The molecule has 0 aromatic carbocycles. The molecule has 0 unspecified atom stereocenters. The molecule has 0 saturated heterocycles. The Labute approximate surface area is 135 Å². The van der Waals surface area contributed by atoms with Gasteiger partial charge >= 0.3 is 6.03 Å². The summed E-state index contributed by atoms with van der Waals surface area (Å²) in [6.07, 6.45) is 1.15. The number of carbonyl (C=O) groups is 1. The third-order valence-corrected chi connectivity index (χ3v) is 3.95. The van der Waals surface area contributed by atoms with E-state index in [1.165, 1.54) is 0 Å². The second-order valence-corrected chi connectivity index (χ2v) is 5.85. The molecule has 23 heavy (non-hydrogen) atoms. The number of ether oxygens (including phenoxy) is 1. The Morgan fingerprint density at radius 2 is 2.26 bits per heavy atom. The number of carbonyl (C=O) groups excluding carboxylic acids is 1. The van der Waals surface area contributed by atoms with Crippen molar-refractivity contribution in [1.29, 1.82) is 0 Å². The molecule has 9 nitrogen and oxygen atoms in total. The molecule has 0 aliphatic heterocycles. The Hall–Kier alpha value is -1.71. The van der Waals surface area contributed by atoms with Gasteiger partial charge in [0.2, 0.25) is 0 Å². The average Bonchev–Trinajstić information content (AvgIpc) is 3.06. The molecule has 1 aliphatic carbocycles. The zero-order chi connectivity index (χ0) is 16.8. The lowest BCUT2D eigenvalue weighted by molar-refractivity contribution is 0.00860. The van der Waals surface area contributed by atoms with Crippen LogP contribution in [0.3, 0.4) is 0 Å². The highest BCUT2D eigenvalue weighted by Gasteiger charge is 2.42. The van der Waals surface area contributed by atoms with Crippen LogP contribution in [0, 0.1) is 5.92 Å². The van der Waals surface area contributed by atoms with Crippen LogP contribution in [-0.2, 0) is 17.9 Å². The van der Waals surface area contributed by atoms with Gasteiger partial charge in [-0.1, -0.05) is 12.1 Å². The first-order valence-corrected chi connectivity index (χ1v) is 7.83. The maximum absolute atomic E-state index is 11.7. The Morgan fingerprint density at radius 1 is 1.48 bits per heavy atom. The van der Waals surface area contributed by atoms with Crippen molar-refractivity contribution in [2.45, 2.75) is 51.2 Å². The molecule has 0 bridgehead atoms. The van der Waals surface area contributed by atoms with Crippen molar-refractivity contribution in [3.63, 3.8) is 0 Å². The quantitative estimate of drug-likeness (QED) is 0.522. The van der Waals surface area contributed by atoms with Crippen molar-refractivity contribution in [3.05, 3.63) is 11.9 Å². The fourth-order valence-electron chi connectivity index (χ4n) is 2.79. The third-order valence-electron chi connectivity index (χ3n) is 3.95. The fourth-order valence-corrected chi connectivity index (χ4v) is 2.79. The van der Waals surface area contributed by atoms with Crippen molar-refractivity contribution in [2.75, 3.05) is 13.7 Å². The van der Waals surface area contributed by atoms with Crippen LogP contribution in [0.15, 0.2) is 6.20 Å². The van der Waals surface area contributed by atoms with Crippen molar-refractivity contribution in [1.82, 2.24) is 25.6 Å². The lowest BCUT2D eigenvalue weighted by Crippen LogP contribution is -2.47. The Bertz CT molecular complexity index is 509. The first kappa shape index (κ1) is 17.6. The summed E-state index contributed by atoms with van der Waals surface area (Å²) in [4.78, 5) is 11.7. The minimum Gasteiger partial charge on any atom is -0.390 e. The molecule has 9 heteroatoms. The van der Waals surface area contributed by atoms with Crippen LogP contribution in [0.4, 0.5) is 4.79 Å². The van der Waals surface area contributed by atoms with Gasteiger partial charge in [-0.25, -0.2) is 4.79 Å². The fraction of sp³-hybridized carbons (Fsp3) is 0.786. The van der Waals surface area contributed by atoms with Crippen LogP contribution >= 0.6 is 0 Å². The molecule has 4 atom stereocenters. The molecule has 2 rings (SSSR count). The SMILES string of the molecule is CCCNC(=O)N[C@@H]1C[C@H](Cn2cc(COC)nn2)[C@@H](O)[C@H]1O. The van der Waals surface area contributed by atoms with E-state index in [9.17, 15) is 15.0 Å². The number of nitrogens with zero attached hydrogens (tertiary/aromatic N) is 3. The minimum absolute atomic E-state index is 0.210. The van der Waals surface area contributed by atoms with E-state index in [1.807, 2.05) is 6.92 Å². The van der Waals surface area contributed by atoms with E-state index in [1.54, 1.807) is 18.0 Å². The van der Waals surface area contributed by atoms with Crippen LogP contribution in [0.5, 0.6) is 0 Å². The topological polar surface area (TPSA) is 122 Å². The number of urea groups is 1. The number of aliphatic hydroxyl groups excluding tert-OH is 2. The van der Waals surface area contributed by atoms with Gasteiger partial charge in [0.05, 0.1) is 24.9 Å². The van der Waals surface area contributed by atoms with E-state index in [4.69, 9.17) is 4.74 Å². The molecule has 1 aliphatic rings. The van der Waals surface area contributed by atoms with Crippen LogP contribution in [-0.4, -0.2) is 63.1 Å². The summed E-state index contributed by atoms with van der Waals surface area (Å²) in [5, 5.41) is 33.6. The van der Waals surface area contributed by atoms with E-state index in [0.29, 0.717) is 31.8 Å². The van der Waals surface area contributed by atoms with Gasteiger partial charge in [0.1, 0.15) is 11.8 Å². The Balaban J connectivity index is 1.89. The van der Waals surface area contributed by atoms with Crippen LogP contribution in [0.2, 0.25) is 0 Å². The summed E-state index contributed by atoms with van der Waals surface area (Å²) in [7, 11) is 1.58. The van der Waals surface area contributed by atoms with E-state index in [2.05, 4.69) is 20.9 Å². The Morgan fingerprint density at radius 3 is 2.96 bits per heavy atom. The van der Waals surface area contributed by atoms with E-state index in [-0.39, 0.29) is 11.9 Å². The highest BCUT2D eigenvalue weighted by molar-refractivity contribution is 5.74. The summed E-state index contributed by atoms with van der Waals surface area (Å²) in [6.45, 7) is 3.32. The molecular formula is C14H25N5O4. The highest BCUT2D eigenvalue weighted by atomic mass is 16.5. The number of methoxy groups -OCH3 is 1. The minimum atomic E-state index is -0.991. The Kier molecular flexibility index (Phi) is 6.31. The molecule has 0 spiro atoms. The first-order valence-electron chi connectivity index (χ1n) is 7.83. The molecular weight excluding hydrogens is 302 g/mol. The largest absolute Gasteiger partial charge is 0.390 e. The molecule has 1 fully saturated rings. The van der Waals surface area contributed by atoms with E-state index in [0.717, 1.165) is 6.42 Å². The predicted octanol–water partition coefficient (Wildman–Crippen LogP) is -0.756. The number of hydrogen-bond acceptors (Lipinski definition) is 6. The second kappa shape index (κ2) is 8.23. The zero-order valence-electron chi connectivity index (χ0n) is 13.5. The monoisotopic (exact) mass is 327 g/mol. The molecule has 2 amide bonds. The normalized spacial score (nSPS) is 27.1. The van der Waals surface area contributed by atoms with E-state index >= 15 is 0 Å². The summed E-state index contributed by atoms with van der Waals surface area (Å²) < 4.78 is 6.60. The zero-order valence-corrected chi connectivity index (χ0v) is 13.5. The third kappa shape index (κ3) is 4.63. The smallest absolute Gasteiger partial charge is 0.315 e. The van der Waals surface area contributed by atoms with Gasteiger partial charge in [-0.3, -0.25) is 4.68 Å². The van der Waals surface area contributed by atoms with Crippen molar-refractivity contribution in [3.8, 4) is 0 Å². The molecule has 4 N–H and O–H groups in total. The second-order valence-electron chi connectivity index (χ2n) is 5.85. The van der Waals surface area contributed by atoms with Crippen molar-refractivity contribution in [2.24, 2.45) is 5.92 Å². The number of amides is 2. The molecule has 1 aromatic heterocycles. The summed E-state index contributed by atoms with van der Waals surface area (Å²) in [6, 6.07) is -0.805. The predicted molar refractivity (Wildman–Crippen MR) is 81.5 cm³/mol. The number of hydrogen-bond donors (Lipinski definition) is 4. The summed E-state index contributed by atoms with van der Waals surface area (Å²) in [5.74, 6) is -0.210. The average molecular weight is 327 g/mol. The van der Waals surface area contributed by atoms with Gasteiger partial charge in [-0.05, 0) is 12.8 Å². The number of aromatic nitrogens is 3. The molecule has 1 aromatic rings. The van der Waals surface area contributed by atoms with Gasteiger partial charge in [0.15, 0.2) is 0 Å². The number of aliphatic hydroxyl groups is 2. The maximum atomic E-state index is 11.7. The standard InChI is InChI=1S/C14H25N5O4/c1-3-4-15-14(22)16-11-5-9(12(20)13(11)21)6-19-7-10(8-23-2)17-18-19/h7,9,11-13,20-21H,3-6,8H2,1-2H3,(H2,15,16,22)/t9-,11-,12-,13+/m1/s1. The van der Waals surface area contributed by atoms with E-state index < -0.39 is 18.2 Å². The lowest BCUT2D eigenvalue weighted by atomic mass is 10.1. The van der Waals surface area contributed by atoms with Crippen molar-refractivity contribution >= 4 is 6.03 Å². The first-order chi connectivity index (χ1) is 11.0. The summed E-state index contributed by atoms with van der Waals surface area (Å²) >= 11 is 0. The number of rotatable bonds is 7. The van der Waals surface area contributed by atoms with Crippen LogP contribution in [0.1, 0.15) is 25.5 Å². The maximum Gasteiger partial charge on any atom is 0.315 e. The van der Waals surface area contributed by atoms with Gasteiger partial charge in [-0.2, -0.15) is 0 Å².